The highest BCUT2D eigenvalue weighted by molar-refractivity contribution is 6.31. The second-order valence-corrected chi connectivity index (χ2v) is 5.17. The molecule has 0 aliphatic heterocycles. The predicted octanol–water partition coefficient (Wildman–Crippen LogP) is 3.61. The van der Waals surface area contributed by atoms with E-state index in [1.165, 1.54) is 18.2 Å². The van der Waals surface area contributed by atoms with Gasteiger partial charge in [0.05, 0.1) is 4.92 Å². The Morgan fingerprint density at radius 1 is 1.18 bits per heavy atom. The maximum atomic E-state index is 11.9. The topological polar surface area (TPSA) is 72.2 Å². The lowest BCUT2D eigenvalue weighted by atomic mass is 10.1. The van der Waals surface area contributed by atoms with Gasteiger partial charge in [-0.2, -0.15) is 0 Å². The molecule has 5 nitrogen and oxygen atoms in total. The minimum atomic E-state index is -0.520. The number of nitro groups is 1. The molecule has 0 radical (unpaired) electrons. The zero-order chi connectivity index (χ0) is 15.9. The number of nitrogens with one attached hydrogen (secondary N) is 1. The number of nitrogens with zero attached hydrogens (tertiary/aromatic N) is 1. The third-order valence-electron chi connectivity index (χ3n) is 3.19. The smallest absolute Gasteiger partial charge is 0.270 e. The first-order valence-electron chi connectivity index (χ1n) is 6.84. The number of halogens is 1. The monoisotopic (exact) mass is 318 g/mol. The lowest BCUT2D eigenvalue weighted by molar-refractivity contribution is -0.384. The summed E-state index contributed by atoms with van der Waals surface area (Å²) in [4.78, 5) is 22.1. The summed E-state index contributed by atoms with van der Waals surface area (Å²) in [6, 6.07) is 13.2. The number of aryl methyl sites for hydroxylation is 1. The molecule has 0 fully saturated rings. The van der Waals surface area contributed by atoms with Gasteiger partial charge in [-0.1, -0.05) is 35.9 Å². The summed E-state index contributed by atoms with van der Waals surface area (Å²) in [5, 5.41) is 14.2. The number of rotatable bonds is 6. The van der Waals surface area contributed by atoms with Crippen molar-refractivity contribution < 1.29 is 9.72 Å². The zero-order valence-corrected chi connectivity index (χ0v) is 12.5. The molecule has 0 heterocycles. The molecule has 0 bridgehead atoms. The van der Waals surface area contributed by atoms with Gasteiger partial charge < -0.3 is 5.32 Å². The summed E-state index contributed by atoms with van der Waals surface area (Å²) in [5.41, 5.74) is 1.23. The van der Waals surface area contributed by atoms with E-state index in [4.69, 9.17) is 11.6 Å². The van der Waals surface area contributed by atoms with Crippen molar-refractivity contribution in [1.82, 2.24) is 5.32 Å². The quantitative estimate of drug-likeness (QED) is 0.502. The highest BCUT2D eigenvalue weighted by Gasteiger charge is 2.10. The molecule has 0 spiro atoms. The Balaban J connectivity index is 1.84. The minimum Gasteiger partial charge on any atom is -0.352 e. The number of benzene rings is 2. The van der Waals surface area contributed by atoms with Crippen LogP contribution in [0.3, 0.4) is 0 Å². The Labute approximate surface area is 133 Å². The molecule has 1 amide bonds. The van der Waals surface area contributed by atoms with Crippen LogP contribution < -0.4 is 5.32 Å². The van der Waals surface area contributed by atoms with Gasteiger partial charge in [-0.15, -0.1) is 0 Å². The van der Waals surface area contributed by atoms with Gasteiger partial charge in [-0.05, 0) is 30.5 Å². The van der Waals surface area contributed by atoms with Crippen LogP contribution in [-0.4, -0.2) is 17.4 Å². The van der Waals surface area contributed by atoms with Crippen LogP contribution in [0.2, 0.25) is 5.02 Å². The van der Waals surface area contributed by atoms with Crippen molar-refractivity contribution in [3.63, 3.8) is 0 Å². The van der Waals surface area contributed by atoms with Gasteiger partial charge in [0.25, 0.3) is 11.6 Å². The molecule has 114 valence electrons. The maximum Gasteiger partial charge on any atom is 0.270 e. The number of hydrogen-bond acceptors (Lipinski definition) is 3. The van der Waals surface area contributed by atoms with Crippen molar-refractivity contribution in [2.24, 2.45) is 0 Å². The number of nitro benzene ring substituents is 1. The van der Waals surface area contributed by atoms with Crippen LogP contribution in [0.1, 0.15) is 22.3 Å². The summed E-state index contributed by atoms with van der Waals surface area (Å²) in [6.45, 7) is 0.479. The lowest BCUT2D eigenvalue weighted by Crippen LogP contribution is -2.24. The maximum absolute atomic E-state index is 11.9. The van der Waals surface area contributed by atoms with Crippen LogP contribution in [0.4, 0.5) is 5.69 Å². The SMILES string of the molecule is O=C(NCCCc1ccccc1Cl)c1cccc([N+](=O)[O-])c1. The lowest BCUT2D eigenvalue weighted by Gasteiger charge is -2.06. The number of hydrogen-bond donors (Lipinski definition) is 1. The molecular formula is C16H15ClN2O3. The molecule has 2 aromatic carbocycles. The van der Waals surface area contributed by atoms with Gasteiger partial charge in [0.2, 0.25) is 0 Å². The molecule has 22 heavy (non-hydrogen) atoms. The average molecular weight is 319 g/mol. The molecule has 0 saturated heterocycles. The van der Waals surface area contributed by atoms with Crippen LogP contribution in [0.25, 0.3) is 0 Å². The van der Waals surface area contributed by atoms with E-state index in [1.54, 1.807) is 6.07 Å². The highest BCUT2D eigenvalue weighted by Crippen LogP contribution is 2.16. The Morgan fingerprint density at radius 3 is 2.68 bits per heavy atom. The van der Waals surface area contributed by atoms with Gasteiger partial charge in [-0.25, -0.2) is 0 Å². The van der Waals surface area contributed by atoms with Crippen molar-refractivity contribution in [3.05, 3.63) is 74.8 Å². The first kappa shape index (κ1) is 16.0. The van der Waals surface area contributed by atoms with Crippen molar-refractivity contribution >= 4 is 23.2 Å². The number of carbonyl (C=O) groups is 1. The van der Waals surface area contributed by atoms with E-state index >= 15 is 0 Å². The molecule has 1 N–H and O–H groups in total. The van der Waals surface area contributed by atoms with Gasteiger partial charge in [0.1, 0.15) is 0 Å². The van der Waals surface area contributed by atoms with Crippen LogP contribution in [0.15, 0.2) is 48.5 Å². The molecular weight excluding hydrogens is 304 g/mol. The molecule has 2 aromatic rings. The number of amides is 1. The third-order valence-corrected chi connectivity index (χ3v) is 3.55. The van der Waals surface area contributed by atoms with E-state index in [0.717, 1.165) is 18.4 Å². The van der Waals surface area contributed by atoms with Crippen LogP contribution in [0, 0.1) is 10.1 Å². The molecule has 0 saturated carbocycles. The van der Waals surface area contributed by atoms with E-state index in [2.05, 4.69) is 5.32 Å². The number of carbonyl (C=O) groups excluding carboxylic acids is 1. The summed E-state index contributed by atoms with van der Waals surface area (Å²) in [6.07, 6.45) is 1.50. The Kier molecular flexibility index (Phi) is 5.49. The zero-order valence-electron chi connectivity index (χ0n) is 11.8. The van der Waals surface area contributed by atoms with Gasteiger partial charge >= 0.3 is 0 Å². The van der Waals surface area contributed by atoms with E-state index in [0.29, 0.717) is 11.6 Å². The largest absolute Gasteiger partial charge is 0.352 e. The standard InChI is InChI=1S/C16H15ClN2O3/c17-15-9-2-1-5-12(15)7-4-10-18-16(20)13-6-3-8-14(11-13)19(21)22/h1-3,5-6,8-9,11H,4,7,10H2,(H,18,20). The first-order chi connectivity index (χ1) is 10.6. The molecule has 0 atom stereocenters. The summed E-state index contributed by atoms with van der Waals surface area (Å²) < 4.78 is 0. The van der Waals surface area contributed by atoms with Gasteiger partial charge in [0.15, 0.2) is 0 Å². The molecule has 0 aliphatic carbocycles. The van der Waals surface area contributed by atoms with E-state index in [-0.39, 0.29) is 17.2 Å². The average Bonchev–Trinajstić information content (AvgIpc) is 2.53. The third kappa shape index (κ3) is 4.30. The predicted molar refractivity (Wildman–Crippen MR) is 85.2 cm³/mol. The second kappa shape index (κ2) is 7.56. The molecule has 0 aromatic heterocycles. The number of non-ortho nitro benzene ring substituents is 1. The fourth-order valence-corrected chi connectivity index (χ4v) is 2.27. The first-order valence-corrected chi connectivity index (χ1v) is 7.22. The van der Waals surface area contributed by atoms with Crippen LogP contribution in [-0.2, 0) is 6.42 Å². The summed E-state index contributed by atoms with van der Waals surface area (Å²) >= 11 is 6.06. The Hall–Kier alpha value is -2.40. The molecule has 2 rings (SSSR count). The van der Waals surface area contributed by atoms with Crippen LogP contribution >= 0.6 is 11.6 Å². The van der Waals surface area contributed by atoms with E-state index in [1.807, 2.05) is 24.3 Å². The second-order valence-electron chi connectivity index (χ2n) is 4.76. The van der Waals surface area contributed by atoms with E-state index < -0.39 is 4.92 Å². The van der Waals surface area contributed by atoms with Gasteiger partial charge in [0, 0.05) is 29.3 Å². The highest BCUT2D eigenvalue weighted by atomic mass is 35.5. The fourth-order valence-electron chi connectivity index (χ4n) is 2.04. The normalized spacial score (nSPS) is 10.2. The van der Waals surface area contributed by atoms with Gasteiger partial charge in [-0.3, -0.25) is 14.9 Å². The van der Waals surface area contributed by atoms with Crippen LogP contribution in [0.5, 0.6) is 0 Å². The molecule has 0 aliphatic rings. The molecule has 0 unspecified atom stereocenters. The van der Waals surface area contributed by atoms with Crippen molar-refractivity contribution in [3.8, 4) is 0 Å². The molecule has 6 heteroatoms. The minimum absolute atomic E-state index is 0.0938. The Morgan fingerprint density at radius 2 is 1.95 bits per heavy atom. The van der Waals surface area contributed by atoms with E-state index in [9.17, 15) is 14.9 Å². The fraction of sp³-hybridized carbons (Fsp3) is 0.188. The van der Waals surface area contributed by atoms with Crippen molar-refractivity contribution in [2.75, 3.05) is 6.54 Å². The van der Waals surface area contributed by atoms with Crippen molar-refractivity contribution in [2.45, 2.75) is 12.8 Å². The summed E-state index contributed by atoms with van der Waals surface area (Å²) in [7, 11) is 0. The van der Waals surface area contributed by atoms with Crippen molar-refractivity contribution in [1.29, 1.82) is 0 Å². The Bertz CT molecular complexity index is 689. The summed E-state index contributed by atoms with van der Waals surface area (Å²) in [5.74, 6) is -0.317.